The number of phenolic OH excluding ortho intramolecular Hbond substituents is 1. The number of anilines is 1. The first kappa shape index (κ1) is 9.90. The molecule has 1 rings (SSSR count). The van der Waals surface area contributed by atoms with Crippen molar-refractivity contribution in [1.82, 2.24) is 0 Å². The van der Waals surface area contributed by atoms with Crippen LogP contribution in [-0.4, -0.2) is 19.2 Å². The minimum absolute atomic E-state index is 0.371. The van der Waals surface area contributed by atoms with Gasteiger partial charge in [-0.2, -0.15) is 0 Å². The van der Waals surface area contributed by atoms with Gasteiger partial charge in [0.15, 0.2) is 0 Å². The highest BCUT2D eigenvalue weighted by atomic mass is 16.3. The molecule has 2 nitrogen and oxygen atoms in total. The molecule has 1 aromatic carbocycles. The SMILES string of the molecule is CC(C)c1ccc(N(C)C)cc1O. The van der Waals surface area contributed by atoms with E-state index in [9.17, 15) is 5.11 Å². The van der Waals surface area contributed by atoms with Gasteiger partial charge in [-0.1, -0.05) is 19.9 Å². The minimum atomic E-state index is 0.371. The van der Waals surface area contributed by atoms with Crippen molar-refractivity contribution in [3.63, 3.8) is 0 Å². The average molecular weight is 179 g/mol. The van der Waals surface area contributed by atoms with E-state index in [1.807, 2.05) is 31.1 Å². The van der Waals surface area contributed by atoms with Crippen LogP contribution in [0.15, 0.2) is 18.2 Å². The van der Waals surface area contributed by atoms with Gasteiger partial charge in [-0.25, -0.2) is 0 Å². The number of phenols is 1. The number of rotatable bonds is 2. The molecule has 0 atom stereocenters. The molecule has 0 spiro atoms. The van der Waals surface area contributed by atoms with E-state index in [1.54, 1.807) is 6.07 Å². The normalized spacial score (nSPS) is 10.5. The second kappa shape index (κ2) is 3.69. The van der Waals surface area contributed by atoms with Crippen molar-refractivity contribution < 1.29 is 5.11 Å². The first-order valence-electron chi connectivity index (χ1n) is 4.52. The Kier molecular flexibility index (Phi) is 2.81. The summed E-state index contributed by atoms with van der Waals surface area (Å²) in [4.78, 5) is 1.98. The Morgan fingerprint density at radius 2 is 1.85 bits per heavy atom. The molecule has 0 heterocycles. The van der Waals surface area contributed by atoms with E-state index >= 15 is 0 Å². The third-order valence-electron chi connectivity index (χ3n) is 2.15. The lowest BCUT2D eigenvalue weighted by Crippen LogP contribution is -2.08. The highest BCUT2D eigenvalue weighted by Crippen LogP contribution is 2.28. The Labute approximate surface area is 79.8 Å². The Balaban J connectivity index is 3.06. The summed E-state index contributed by atoms with van der Waals surface area (Å²) in [5, 5.41) is 9.68. The molecule has 0 bridgehead atoms. The minimum Gasteiger partial charge on any atom is -0.508 e. The first-order chi connectivity index (χ1) is 6.02. The molecule has 0 aliphatic rings. The van der Waals surface area contributed by atoms with Crippen LogP contribution in [0, 0.1) is 0 Å². The van der Waals surface area contributed by atoms with Crippen LogP contribution in [0.1, 0.15) is 25.3 Å². The third kappa shape index (κ3) is 2.14. The molecule has 0 aliphatic carbocycles. The van der Waals surface area contributed by atoms with Crippen LogP contribution in [0.4, 0.5) is 5.69 Å². The van der Waals surface area contributed by atoms with E-state index < -0.39 is 0 Å². The van der Waals surface area contributed by atoms with Crippen molar-refractivity contribution in [2.24, 2.45) is 0 Å². The van der Waals surface area contributed by atoms with E-state index in [2.05, 4.69) is 13.8 Å². The molecular weight excluding hydrogens is 162 g/mol. The summed E-state index contributed by atoms with van der Waals surface area (Å²) < 4.78 is 0. The fourth-order valence-electron chi connectivity index (χ4n) is 1.30. The number of nitrogens with zero attached hydrogens (tertiary/aromatic N) is 1. The fourth-order valence-corrected chi connectivity index (χ4v) is 1.30. The van der Waals surface area contributed by atoms with Gasteiger partial charge in [-0.05, 0) is 17.5 Å². The Bertz CT molecular complexity index is 292. The molecule has 0 unspecified atom stereocenters. The van der Waals surface area contributed by atoms with Crippen LogP contribution in [0.5, 0.6) is 5.75 Å². The molecule has 0 amide bonds. The van der Waals surface area contributed by atoms with E-state index in [4.69, 9.17) is 0 Å². The van der Waals surface area contributed by atoms with Gasteiger partial charge >= 0.3 is 0 Å². The van der Waals surface area contributed by atoms with E-state index in [-0.39, 0.29) is 0 Å². The predicted octanol–water partition coefficient (Wildman–Crippen LogP) is 2.58. The standard InChI is InChI=1S/C11H17NO/c1-8(2)10-6-5-9(12(3)4)7-11(10)13/h5-8,13H,1-4H3. The van der Waals surface area contributed by atoms with Gasteiger partial charge in [0, 0.05) is 25.8 Å². The summed E-state index contributed by atoms with van der Waals surface area (Å²) in [7, 11) is 3.92. The monoisotopic (exact) mass is 179 g/mol. The largest absolute Gasteiger partial charge is 0.508 e. The molecule has 1 aromatic rings. The molecule has 72 valence electrons. The van der Waals surface area contributed by atoms with E-state index in [1.165, 1.54) is 0 Å². The lowest BCUT2D eigenvalue weighted by molar-refractivity contribution is 0.465. The maximum absolute atomic E-state index is 9.68. The van der Waals surface area contributed by atoms with Crippen molar-refractivity contribution in [3.8, 4) is 5.75 Å². The second-order valence-corrected chi connectivity index (χ2v) is 3.79. The smallest absolute Gasteiger partial charge is 0.121 e. The van der Waals surface area contributed by atoms with Crippen LogP contribution in [0.25, 0.3) is 0 Å². The van der Waals surface area contributed by atoms with Gasteiger partial charge in [-0.3, -0.25) is 0 Å². The molecule has 1 N–H and O–H groups in total. The molecule has 0 aromatic heterocycles. The van der Waals surface area contributed by atoms with Crippen molar-refractivity contribution in [3.05, 3.63) is 23.8 Å². The summed E-state index contributed by atoms with van der Waals surface area (Å²) in [6.45, 7) is 4.15. The van der Waals surface area contributed by atoms with E-state index in [0.717, 1.165) is 11.3 Å². The van der Waals surface area contributed by atoms with Crippen LogP contribution in [-0.2, 0) is 0 Å². The van der Waals surface area contributed by atoms with Gasteiger partial charge in [0.25, 0.3) is 0 Å². The zero-order valence-electron chi connectivity index (χ0n) is 8.70. The fraction of sp³-hybridized carbons (Fsp3) is 0.455. The predicted molar refractivity (Wildman–Crippen MR) is 56.5 cm³/mol. The van der Waals surface area contributed by atoms with Gasteiger partial charge in [0.05, 0.1) is 0 Å². The molecule has 13 heavy (non-hydrogen) atoms. The van der Waals surface area contributed by atoms with Crippen molar-refractivity contribution >= 4 is 5.69 Å². The third-order valence-corrected chi connectivity index (χ3v) is 2.15. The summed E-state index contributed by atoms with van der Waals surface area (Å²) >= 11 is 0. The molecule has 0 saturated carbocycles. The topological polar surface area (TPSA) is 23.5 Å². The van der Waals surface area contributed by atoms with Crippen LogP contribution < -0.4 is 4.90 Å². The highest BCUT2D eigenvalue weighted by Gasteiger charge is 2.06. The lowest BCUT2D eigenvalue weighted by Gasteiger charge is -2.15. The van der Waals surface area contributed by atoms with Crippen LogP contribution in [0.2, 0.25) is 0 Å². The van der Waals surface area contributed by atoms with Crippen molar-refractivity contribution in [2.45, 2.75) is 19.8 Å². The average Bonchev–Trinajstić information content (AvgIpc) is 2.03. The summed E-state index contributed by atoms with van der Waals surface area (Å²) in [5.74, 6) is 0.761. The molecule has 0 aliphatic heterocycles. The molecule has 2 heteroatoms. The van der Waals surface area contributed by atoms with E-state index in [0.29, 0.717) is 11.7 Å². The zero-order chi connectivity index (χ0) is 10.0. The van der Waals surface area contributed by atoms with Gasteiger partial charge in [0.2, 0.25) is 0 Å². The quantitative estimate of drug-likeness (QED) is 0.754. The van der Waals surface area contributed by atoms with Gasteiger partial charge < -0.3 is 10.0 Å². The molecule has 0 radical (unpaired) electrons. The number of hydrogen-bond acceptors (Lipinski definition) is 2. The summed E-state index contributed by atoms with van der Waals surface area (Å²) in [6, 6.07) is 5.81. The Morgan fingerprint density at radius 3 is 2.23 bits per heavy atom. The molecular formula is C11H17NO. The molecule has 0 fully saturated rings. The summed E-state index contributed by atoms with van der Waals surface area (Å²) in [5.41, 5.74) is 2.03. The second-order valence-electron chi connectivity index (χ2n) is 3.79. The van der Waals surface area contributed by atoms with Gasteiger partial charge in [-0.15, -0.1) is 0 Å². The van der Waals surface area contributed by atoms with Crippen molar-refractivity contribution in [1.29, 1.82) is 0 Å². The Hall–Kier alpha value is -1.18. The number of aromatic hydroxyl groups is 1. The maximum Gasteiger partial charge on any atom is 0.121 e. The lowest BCUT2D eigenvalue weighted by atomic mass is 10.0. The highest BCUT2D eigenvalue weighted by molar-refractivity contribution is 5.52. The zero-order valence-corrected chi connectivity index (χ0v) is 8.70. The van der Waals surface area contributed by atoms with Crippen molar-refractivity contribution in [2.75, 3.05) is 19.0 Å². The van der Waals surface area contributed by atoms with Crippen LogP contribution >= 0.6 is 0 Å². The first-order valence-corrected chi connectivity index (χ1v) is 4.52. The summed E-state index contributed by atoms with van der Waals surface area (Å²) in [6.07, 6.45) is 0. The van der Waals surface area contributed by atoms with Crippen LogP contribution in [0.3, 0.4) is 0 Å². The maximum atomic E-state index is 9.68. The Morgan fingerprint density at radius 1 is 1.23 bits per heavy atom. The number of hydrogen-bond donors (Lipinski definition) is 1. The van der Waals surface area contributed by atoms with Gasteiger partial charge in [0.1, 0.15) is 5.75 Å². The molecule has 0 saturated heterocycles. The number of benzene rings is 1.